The van der Waals surface area contributed by atoms with Crippen LogP contribution in [0.15, 0.2) is 47.1 Å². The summed E-state index contributed by atoms with van der Waals surface area (Å²) in [5, 5.41) is 12.9. The van der Waals surface area contributed by atoms with Crippen LogP contribution in [0.5, 0.6) is 23.0 Å². The number of carbonyl (C=O) groups is 2. The number of ether oxygens (including phenoxy) is 4. The number of nitrogens with zero attached hydrogens (tertiary/aromatic N) is 3. The Bertz CT molecular complexity index is 1330. The van der Waals surface area contributed by atoms with E-state index >= 15 is 0 Å². The fraction of sp³-hybridized carbons (Fsp3) is 0.208. The zero-order chi connectivity index (χ0) is 26.1. The van der Waals surface area contributed by atoms with Crippen LogP contribution in [0, 0.1) is 11.3 Å². The zero-order valence-electron chi connectivity index (χ0n) is 19.9. The fourth-order valence-electron chi connectivity index (χ4n) is 2.91. The van der Waals surface area contributed by atoms with Gasteiger partial charge in [-0.25, -0.2) is 4.79 Å². The van der Waals surface area contributed by atoms with Gasteiger partial charge in [-0.2, -0.15) is 14.6 Å². The third kappa shape index (κ3) is 6.53. The van der Waals surface area contributed by atoms with Crippen molar-refractivity contribution in [2.24, 2.45) is 0 Å². The lowest BCUT2D eigenvalue weighted by Gasteiger charge is -2.12. The van der Waals surface area contributed by atoms with Gasteiger partial charge in [0.05, 0.1) is 26.9 Å². The second-order valence-electron chi connectivity index (χ2n) is 6.81. The van der Waals surface area contributed by atoms with Gasteiger partial charge in [-0.1, -0.05) is 24.8 Å². The Morgan fingerprint density at radius 1 is 1.06 bits per heavy atom. The molecule has 0 radical (unpaired) electrons. The molecule has 1 heterocycles. The maximum absolute atomic E-state index is 12.7. The minimum atomic E-state index is -0.632. The van der Waals surface area contributed by atoms with Crippen molar-refractivity contribution in [3.05, 3.63) is 53.1 Å². The minimum Gasteiger partial charge on any atom is -0.493 e. The number of nitrogens with one attached hydrogen (secondary N) is 1. The summed E-state index contributed by atoms with van der Waals surface area (Å²) in [7, 11) is 4.38. The molecule has 1 N–H and O–H groups in total. The highest BCUT2D eigenvalue weighted by molar-refractivity contribution is 7.99. The van der Waals surface area contributed by atoms with Crippen LogP contribution < -0.4 is 24.3 Å². The second-order valence-corrected chi connectivity index (χ2v) is 8.79. The zero-order valence-corrected chi connectivity index (χ0v) is 21.5. The molecule has 1 amide bonds. The Morgan fingerprint density at radius 2 is 1.75 bits per heavy atom. The minimum absolute atomic E-state index is 0.146. The van der Waals surface area contributed by atoms with Gasteiger partial charge < -0.3 is 18.9 Å². The maximum atomic E-state index is 12.7. The molecule has 0 saturated carbocycles. The topological polar surface area (TPSA) is 133 Å². The summed E-state index contributed by atoms with van der Waals surface area (Å²) < 4.78 is 25.4. The monoisotopic (exact) mass is 526 g/mol. The maximum Gasteiger partial charge on any atom is 0.343 e. The average Bonchev–Trinajstić information content (AvgIpc) is 3.34. The fourth-order valence-corrected chi connectivity index (χ4v) is 4.17. The number of thioether (sulfide) groups is 1. The normalized spacial score (nSPS) is 10.8. The molecule has 36 heavy (non-hydrogen) atoms. The van der Waals surface area contributed by atoms with Crippen molar-refractivity contribution >= 4 is 46.4 Å². The van der Waals surface area contributed by atoms with E-state index in [1.165, 1.54) is 51.3 Å². The quantitative estimate of drug-likeness (QED) is 0.133. The first-order valence-corrected chi connectivity index (χ1v) is 12.2. The third-order valence-electron chi connectivity index (χ3n) is 4.59. The number of anilines is 1. The van der Waals surface area contributed by atoms with Crippen LogP contribution in [-0.2, 0) is 4.79 Å². The third-order valence-corrected chi connectivity index (χ3v) is 6.06. The smallest absolute Gasteiger partial charge is 0.343 e. The van der Waals surface area contributed by atoms with E-state index in [1.807, 2.05) is 13.0 Å². The van der Waals surface area contributed by atoms with Crippen LogP contribution in [0.2, 0.25) is 0 Å². The van der Waals surface area contributed by atoms with Gasteiger partial charge >= 0.3 is 5.97 Å². The van der Waals surface area contributed by atoms with E-state index in [0.29, 0.717) is 27.4 Å². The van der Waals surface area contributed by atoms with Gasteiger partial charge in [0.2, 0.25) is 10.3 Å². The summed E-state index contributed by atoms with van der Waals surface area (Å²) in [4.78, 5) is 29.4. The molecule has 0 fully saturated rings. The van der Waals surface area contributed by atoms with Crippen molar-refractivity contribution in [3.63, 3.8) is 0 Å². The van der Waals surface area contributed by atoms with E-state index in [4.69, 9.17) is 18.9 Å². The molecule has 2 aromatic carbocycles. The predicted molar refractivity (Wildman–Crippen MR) is 136 cm³/mol. The van der Waals surface area contributed by atoms with Gasteiger partial charge in [0.15, 0.2) is 23.0 Å². The Hall–Kier alpha value is -4.08. The van der Waals surface area contributed by atoms with E-state index in [2.05, 4.69) is 14.7 Å². The molecule has 186 valence electrons. The number of hydrogen-bond donors (Lipinski definition) is 1. The molecule has 0 aliphatic carbocycles. The summed E-state index contributed by atoms with van der Waals surface area (Å²) >= 11 is 2.48. The molecular formula is C24H22N4O6S2. The van der Waals surface area contributed by atoms with Gasteiger partial charge in [0.1, 0.15) is 11.6 Å². The van der Waals surface area contributed by atoms with Crippen molar-refractivity contribution in [2.45, 2.75) is 12.1 Å². The lowest BCUT2D eigenvalue weighted by Crippen LogP contribution is -2.13. The Kier molecular flexibility index (Phi) is 9.26. The lowest BCUT2D eigenvalue weighted by molar-refractivity contribution is -0.112. The molecule has 3 aromatic rings. The number of hydrogen-bond acceptors (Lipinski definition) is 11. The first-order chi connectivity index (χ1) is 17.4. The SMILES string of the molecule is CCSc1nsc(NC(=O)C(C#N)=Cc2ccc(OC(=O)c3ccc(OC)c(OC)c3)c(OC)c2)n1. The largest absolute Gasteiger partial charge is 0.493 e. The number of benzene rings is 2. The summed E-state index contributed by atoms with van der Waals surface area (Å²) in [6.45, 7) is 1.97. The number of rotatable bonds is 10. The lowest BCUT2D eigenvalue weighted by atomic mass is 10.1. The van der Waals surface area contributed by atoms with Gasteiger partial charge in [-0.05, 0) is 47.7 Å². The number of methoxy groups -OCH3 is 3. The summed E-state index contributed by atoms with van der Waals surface area (Å²) in [6.07, 6.45) is 1.39. The van der Waals surface area contributed by atoms with Crippen molar-refractivity contribution in [3.8, 4) is 29.1 Å². The van der Waals surface area contributed by atoms with E-state index in [1.54, 1.807) is 24.3 Å². The van der Waals surface area contributed by atoms with Crippen molar-refractivity contribution in [2.75, 3.05) is 32.4 Å². The standard InChI is InChI=1S/C24H22N4O6S2/c1-5-35-24-27-23(36-28-24)26-21(29)16(13-25)10-14-6-8-18(19(11-14)32-3)34-22(30)15-7-9-17(31-2)20(12-15)33-4/h6-12H,5H2,1-4H3,(H,26,27,28,29). The molecule has 0 aliphatic heterocycles. The second kappa shape index (κ2) is 12.6. The first kappa shape index (κ1) is 26.5. The van der Waals surface area contributed by atoms with Gasteiger partial charge in [0.25, 0.3) is 5.91 Å². The van der Waals surface area contributed by atoms with E-state index in [9.17, 15) is 14.9 Å². The molecule has 0 aliphatic rings. The number of amides is 1. The van der Waals surface area contributed by atoms with Gasteiger partial charge in [-0.3, -0.25) is 10.1 Å². The average molecular weight is 527 g/mol. The van der Waals surface area contributed by atoms with Crippen molar-refractivity contribution < 1.29 is 28.5 Å². The van der Waals surface area contributed by atoms with Crippen LogP contribution in [0.4, 0.5) is 5.13 Å². The van der Waals surface area contributed by atoms with Crippen molar-refractivity contribution in [1.82, 2.24) is 9.36 Å². The van der Waals surface area contributed by atoms with E-state index in [0.717, 1.165) is 17.3 Å². The number of carbonyl (C=O) groups excluding carboxylic acids is 2. The highest BCUT2D eigenvalue weighted by Crippen LogP contribution is 2.32. The number of aromatic nitrogens is 2. The molecule has 0 atom stereocenters. The Labute approximate surface area is 216 Å². The van der Waals surface area contributed by atoms with E-state index in [-0.39, 0.29) is 22.6 Å². The number of esters is 1. The molecule has 0 bridgehead atoms. The summed E-state index contributed by atoms with van der Waals surface area (Å²) in [5.41, 5.74) is 0.593. The number of nitriles is 1. The van der Waals surface area contributed by atoms with Crippen LogP contribution in [0.25, 0.3) is 6.08 Å². The summed E-state index contributed by atoms with van der Waals surface area (Å²) in [5.74, 6) is 0.807. The van der Waals surface area contributed by atoms with Crippen LogP contribution >= 0.6 is 23.3 Å². The highest BCUT2D eigenvalue weighted by atomic mass is 32.2. The first-order valence-electron chi connectivity index (χ1n) is 10.4. The van der Waals surface area contributed by atoms with Crippen LogP contribution in [0.1, 0.15) is 22.8 Å². The Balaban J connectivity index is 1.77. The molecular weight excluding hydrogens is 504 g/mol. The van der Waals surface area contributed by atoms with E-state index < -0.39 is 11.9 Å². The molecule has 0 saturated heterocycles. The molecule has 3 rings (SSSR count). The van der Waals surface area contributed by atoms with Crippen LogP contribution in [0.3, 0.4) is 0 Å². The Morgan fingerprint density at radius 3 is 2.42 bits per heavy atom. The molecule has 12 heteroatoms. The molecule has 10 nitrogen and oxygen atoms in total. The van der Waals surface area contributed by atoms with Gasteiger partial charge in [0, 0.05) is 11.5 Å². The van der Waals surface area contributed by atoms with Crippen molar-refractivity contribution in [1.29, 1.82) is 5.26 Å². The molecule has 1 aromatic heterocycles. The molecule has 0 unspecified atom stereocenters. The summed E-state index contributed by atoms with van der Waals surface area (Å²) in [6, 6.07) is 11.2. The molecule has 0 spiro atoms. The van der Waals surface area contributed by atoms with Crippen LogP contribution in [-0.4, -0.2) is 48.3 Å². The predicted octanol–water partition coefficient (Wildman–Crippen LogP) is 4.44. The highest BCUT2D eigenvalue weighted by Gasteiger charge is 2.17. The van der Waals surface area contributed by atoms with Gasteiger partial charge in [-0.15, -0.1) is 0 Å².